The minimum Gasteiger partial charge on any atom is -0.398 e. The Morgan fingerprint density at radius 1 is 1.35 bits per heavy atom. The Morgan fingerprint density at radius 3 is 2.55 bits per heavy atom. The van der Waals surface area contributed by atoms with Crippen LogP contribution in [0.2, 0.25) is 0 Å². The van der Waals surface area contributed by atoms with Crippen LogP contribution in [0.3, 0.4) is 0 Å². The van der Waals surface area contributed by atoms with Gasteiger partial charge in [0.15, 0.2) is 5.84 Å². The van der Waals surface area contributed by atoms with Crippen LogP contribution in [0.4, 0.5) is 18.9 Å². The number of benzene rings is 1. The lowest BCUT2D eigenvalue weighted by Crippen LogP contribution is -2.31. The van der Waals surface area contributed by atoms with Crippen molar-refractivity contribution >= 4 is 11.5 Å². The first-order valence-corrected chi connectivity index (χ1v) is 5.98. The zero-order valence-corrected chi connectivity index (χ0v) is 11.1. The van der Waals surface area contributed by atoms with Crippen LogP contribution in [0.1, 0.15) is 24.0 Å². The first-order chi connectivity index (χ1) is 9.19. The van der Waals surface area contributed by atoms with E-state index in [1.165, 1.54) is 0 Å². The van der Waals surface area contributed by atoms with Gasteiger partial charge in [0.05, 0.1) is 6.54 Å². The van der Waals surface area contributed by atoms with Crippen LogP contribution < -0.4 is 17.3 Å². The second-order valence-corrected chi connectivity index (χ2v) is 4.44. The highest BCUT2D eigenvalue weighted by Gasteiger charge is 2.26. The molecular weight excluding hydrogens is 271 g/mol. The van der Waals surface area contributed by atoms with Crippen molar-refractivity contribution in [1.82, 2.24) is 5.12 Å². The van der Waals surface area contributed by atoms with Gasteiger partial charge in [0.2, 0.25) is 0 Å². The van der Waals surface area contributed by atoms with Crippen LogP contribution >= 0.6 is 0 Å². The number of hydrogen-bond acceptors (Lipinski definition) is 4. The molecule has 0 saturated heterocycles. The van der Waals surface area contributed by atoms with Crippen molar-refractivity contribution in [2.75, 3.05) is 12.3 Å². The maximum absolute atomic E-state index is 12.0. The Hall–Kier alpha value is -1.96. The van der Waals surface area contributed by atoms with E-state index < -0.39 is 12.6 Å². The number of aryl methyl sites for hydroxylation is 1. The molecule has 1 aromatic carbocycles. The average Bonchev–Trinajstić information content (AvgIpc) is 2.30. The normalized spacial score (nSPS) is 12.6. The number of nitrogens with two attached hydrogens (primary N) is 3. The van der Waals surface area contributed by atoms with Gasteiger partial charge in [0.1, 0.15) is 0 Å². The van der Waals surface area contributed by atoms with Crippen LogP contribution in [0.5, 0.6) is 0 Å². The number of hydrogen-bond donors (Lipinski definition) is 3. The van der Waals surface area contributed by atoms with Crippen molar-refractivity contribution in [1.29, 1.82) is 0 Å². The van der Waals surface area contributed by atoms with Crippen LogP contribution in [0.25, 0.3) is 0 Å². The lowest BCUT2D eigenvalue weighted by molar-refractivity contribution is -0.136. The number of anilines is 1. The Balaban J connectivity index is 2.61. The minimum absolute atomic E-state index is 0.0401. The third-order valence-electron chi connectivity index (χ3n) is 2.66. The number of hydrazone groups is 1. The molecular formula is C12H18F3N5. The molecule has 0 aliphatic carbocycles. The lowest BCUT2D eigenvalue weighted by Gasteiger charge is -2.14. The molecule has 112 valence electrons. The second-order valence-electron chi connectivity index (χ2n) is 4.44. The predicted octanol–water partition coefficient (Wildman–Crippen LogP) is 1.72. The van der Waals surface area contributed by atoms with E-state index in [-0.39, 0.29) is 18.8 Å². The number of halogens is 3. The zero-order chi connectivity index (χ0) is 15.3. The molecule has 0 heterocycles. The fourth-order valence-electron chi connectivity index (χ4n) is 1.49. The number of nitrogen functional groups attached to an aromatic ring is 1. The summed E-state index contributed by atoms with van der Waals surface area (Å²) in [5.74, 6) is 5.58. The highest BCUT2D eigenvalue weighted by Crippen LogP contribution is 2.21. The van der Waals surface area contributed by atoms with Gasteiger partial charge in [-0.05, 0) is 25.0 Å². The maximum atomic E-state index is 12.0. The molecule has 0 fully saturated rings. The number of hydrazine groups is 1. The van der Waals surface area contributed by atoms with Gasteiger partial charge in [-0.1, -0.05) is 12.1 Å². The van der Waals surface area contributed by atoms with Gasteiger partial charge in [0, 0.05) is 17.7 Å². The Bertz CT molecular complexity index is 484. The minimum atomic E-state index is -4.19. The molecule has 0 aliphatic rings. The fourth-order valence-corrected chi connectivity index (χ4v) is 1.49. The molecule has 0 aromatic heterocycles. The molecule has 6 N–H and O–H groups in total. The molecule has 0 aliphatic heterocycles. The maximum Gasteiger partial charge on any atom is 0.389 e. The number of rotatable bonds is 5. The summed E-state index contributed by atoms with van der Waals surface area (Å²) in [6.45, 7) is 1.81. The quantitative estimate of drug-likeness (QED) is 0.253. The summed E-state index contributed by atoms with van der Waals surface area (Å²) in [5.41, 5.74) is 13.5. The highest BCUT2D eigenvalue weighted by atomic mass is 19.4. The molecule has 1 rings (SSSR count). The lowest BCUT2D eigenvalue weighted by atomic mass is 10.1. The van der Waals surface area contributed by atoms with Crippen molar-refractivity contribution < 1.29 is 13.2 Å². The van der Waals surface area contributed by atoms with Crippen LogP contribution in [-0.2, 0) is 0 Å². The van der Waals surface area contributed by atoms with Gasteiger partial charge in [-0.25, -0.2) is 11.0 Å². The molecule has 0 amide bonds. The molecule has 0 radical (unpaired) electrons. The summed E-state index contributed by atoms with van der Waals surface area (Å²) < 4.78 is 35.9. The van der Waals surface area contributed by atoms with Gasteiger partial charge in [-0.2, -0.15) is 13.2 Å². The molecule has 0 spiro atoms. The Morgan fingerprint density at radius 2 is 2.00 bits per heavy atom. The van der Waals surface area contributed by atoms with Crippen molar-refractivity contribution in [2.45, 2.75) is 25.9 Å². The van der Waals surface area contributed by atoms with Crippen molar-refractivity contribution in [3.8, 4) is 0 Å². The average molecular weight is 289 g/mol. The third-order valence-corrected chi connectivity index (χ3v) is 2.66. The van der Waals surface area contributed by atoms with E-state index in [4.69, 9.17) is 17.3 Å². The van der Waals surface area contributed by atoms with Gasteiger partial charge in [-0.3, -0.25) is 0 Å². The van der Waals surface area contributed by atoms with E-state index in [0.29, 0.717) is 11.3 Å². The van der Waals surface area contributed by atoms with Crippen molar-refractivity contribution in [2.24, 2.45) is 16.7 Å². The van der Waals surface area contributed by atoms with E-state index in [1.54, 1.807) is 18.2 Å². The van der Waals surface area contributed by atoms with Crippen LogP contribution in [0.15, 0.2) is 23.3 Å². The number of amidine groups is 1. The van der Waals surface area contributed by atoms with E-state index in [9.17, 15) is 13.2 Å². The van der Waals surface area contributed by atoms with Gasteiger partial charge in [-0.15, -0.1) is 5.10 Å². The van der Waals surface area contributed by atoms with Crippen molar-refractivity contribution in [3.05, 3.63) is 29.3 Å². The van der Waals surface area contributed by atoms with Gasteiger partial charge >= 0.3 is 6.18 Å². The Labute approximate surface area is 115 Å². The summed E-state index contributed by atoms with van der Waals surface area (Å²) in [5, 5.41) is 4.72. The third kappa shape index (κ3) is 5.35. The first-order valence-electron chi connectivity index (χ1n) is 5.98. The molecule has 8 heteroatoms. The number of alkyl halides is 3. The summed E-state index contributed by atoms with van der Waals surface area (Å²) >= 11 is 0. The molecule has 0 atom stereocenters. The molecule has 5 nitrogen and oxygen atoms in total. The summed E-state index contributed by atoms with van der Waals surface area (Å²) in [4.78, 5) is 0. The molecule has 20 heavy (non-hydrogen) atoms. The monoisotopic (exact) mass is 289 g/mol. The van der Waals surface area contributed by atoms with E-state index in [2.05, 4.69) is 5.10 Å². The zero-order valence-electron chi connectivity index (χ0n) is 11.1. The van der Waals surface area contributed by atoms with Gasteiger partial charge < -0.3 is 11.5 Å². The van der Waals surface area contributed by atoms with E-state index in [1.807, 2.05) is 6.92 Å². The topological polar surface area (TPSA) is 93.7 Å². The largest absolute Gasteiger partial charge is 0.398 e. The number of nitrogens with zero attached hydrogens (tertiary/aromatic N) is 2. The van der Waals surface area contributed by atoms with Crippen molar-refractivity contribution in [3.63, 3.8) is 0 Å². The predicted molar refractivity (Wildman–Crippen MR) is 72.5 cm³/mol. The fraction of sp³-hybridized carbons (Fsp3) is 0.417. The summed E-state index contributed by atoms with van der Waals surface area (Å²) in [6.07, 6.45) is -5.25. The van der Waals surface area contributed by atoms with Gasteiger partial charge in [0.25, 0.3) is 0 Å². The highest BCUT2D eigenvalue weighted by molar-refractivity contribution is 5.98. The first kappa shape index (κ1) is 16.1. The SMILES string of the molecule is Cc1ccc(/C(N)=N/N(N)CCCC(F)(F)F)cc1N. The second kappa shape index (κ2) is 6.47. The molecule has 0 saturated carbocycles. The Kier molecular flexibility index (Phi) is 5.20. The standard InChI is InChI=1S/C12H18F3N5/c1-8-3-4-9(7-10(8)16)11(17)19-20(18)6-2-5-12(13,14)15/h3-4,7H,2,5-6,16,18H2,1H3,(H2,17,19). The smallest absolute Gasteiger partial charge is 0.389 e. The molecule has 1 aromatic rings. The van der Waals surface area contributed by atoms with Crippen LogP contribution in [-0.4, -0.2) is 23.7 Å². The summed E-state index contributed by atoms with van der Waals surface area (Å²) in [6, 6.07) is 5.13. The van der Waals surface area contributed by atoms with E-state index in [0.717, 1.165) is 10.7 Å². The molecule has 0 unspecified atom stereocenters. The summed E-state index contributed by atoms with van der Waals surface area (Å²) in [7, 11) is 0. The van der Waals surface area contributed by atoms with E-state index >= 15 is 0 Å². The molecule has 0 bridgehead atoms. The van der Waals surface area contributed by atoms with Crippen LogP contribution in [0, 0.1) is 6.92 Å².